The quantitative estimate of drug-likeness (QED) is 0.0850. The third-order valence-corrected chi connectivity index (χ3v) is 13.0. The van der Waals surface area contributed by atoms with E-state index in [0.717, 1.165) is 39.1 Å². The monoisotopic (exact) mass is 990 g/mol. The molecule has 0 aliphatic rings. The number of pyridine rings is 3. The second-order valence-corrected chi connectivity index (χ2v) is 20.6. The van der Waals surface area contributed by atoms with Crippen molar-refractivity contribution in [2.24, 2.45) is 0 Å². The maximum atomic E-state index is 16.3. The Morgan fingerprint density at radius 2 is 1.46 bits per heavy atom. The number of fused-ring (bicyclic) bond motifs is 2. The maximum absolute atomic E-state index is 16.3. The summed E-state index contributed by atoms with van der Waals surface area (Å²) in [6.45, 7) is 14.7. The fraction of sp³-hybridized carbons (Fsp3) is 0.250. The topological polar surface area (TPSA) is 214 Å². The van der Waals surface area contributed by atoms with E-state index in [1.54, 1.807) is 47.7 Å². The number of nitrogens with zero attached hydrogens (tertiary/aromatic N) is 10. The van der Waals surface area contributed by atoms with Gasteiger partial charge in [0.15, 0.2) is 17.1 Å². The summed E-state index contributed by atoms with van der Waals surface area (Å²) < 4.78 is 23.3. The van der Waals surface area contributed by atoms with E-state index < -0.39 is 11.7 Å². The lowest BCUT2D eigenvalue weighted by Crippen LogP contribution is -2.24. The lowest BCUT2D eigenvalue weighted by molar-refractivity contribution is 0.0933. The molecule has 2 amide bonds. The Balaban J connectivity index is 0.924. The van der Waals surface area contributed by atoms with E-state index in [9.17, 15) is 9.59 Å². The van der Waals surface area contributed by atoms with Gasteiger partial charge in [-0.05, 0) is 76.6 Å². The van der Waals surface area contributed by atoms with Crippen LogP contribution in [0.4, 0.5) is 10.1 Å². The molecule has 0 saturated heterocycles. The standard InChI is InChI=1S/C56H55FN14O3/c1-31-34(24-62-53(73)51-68-54(74-69-51)56(5,6)7)11-10-12-40(31)41-21-22-58-49-45(41)64-47(66-49)37-27-63-71(30-37)29-36-26-60-50-46(65-48(67-50)43-20-19-39(28-59-43)70(8)9)44(36)33-13-14-35(42(57)23-33)25-61-52(72)32-15-17-38(18-16-32)55(2,3)4/h10-23,26-28,30H,24-25,29H2,1-9H3,(H,61,72)(H,62,73)(H,58,64,66)(H,60,65,67). The van der Waals surface area contributed by atoms with Crippen LogP contribution in [0.3, 0.4) is 0 Å². The third kappa shape index (κ3) is 9.85. The molecule has 10 rings (SSSR count). The molecule has 374 valence electrons. The number of anilines is 1. The van der Waals surface area contributed by atoms with Crippen LogP contribution in [0.25, 0.3) is 67.5 Å². The lowest BCUT2D eigenvalue weighted by atomic mass is 9.87. The van der Waals surface area contributed by atoms with Crippen molar-refractivity contribution in [3.63, 3.8) is 0 Å². The van der Waals surface area contributed by atoms with Gasteiger partial charge in [0.05, 0.1) is 30.2 Å². The van der Waals surface area contributed by atoms with Crippen LogP contribution in [0.5, 0.6) is 0 Å². The first-order valence-corrected chi connectivity index (χ1v) is 24.2. The molecular weight excluding hydrogens is 936 g/mol. The first-order valence-electron chi connectivity index (χ1n) is 24.2. The molecule has 0 aliphatic heterocycles. The van der Waals surface area contributed by atoms with Gasteiger partial charge in [0.25, 0.3) is 17.6 Å². The predicted molar refractivity (Wildman–Crippen MR) is 282 cm³/mol. The van der Waals surface area contributed by atoms with E-state index in [1.807, 2.05) is 107 Å². The van der Waals surface area contributed by atoms with Crippen molar-refractivity contribution in [2.45, 2.75) is 78.9 Å². The first-order chi connectivity index (χ1) is 35.4. The number of nitrogens with one attached hydrogen (secondary N) is 4. The molecule has 74 heavy (non-hydrogen) atoms. The third-order valence-electron chi connectivity index (χ3n) is 13.0. The molecular formula is C56H55FN14O3. The van der Waals surface area contributed by atoms with Gasteiger partial charge < -0.3 is 30.0 Å². The molecule has 0 aliphatic carbocycles. The number of carbonyl (C=O) groups is 2. The smallest absolute Gasteiger partial charge is 0.292 e. The number of imidazole rings is 2. The summed E-state index contributed by atoms with van der Waals surface area (Å²) in [7, 11) is 3.90. The summed E-state index contributed by atoms with van der Waals surface area (Å²) in [5.41, 5.74) is 11.7. The Hall–Kier alpha value is -8.93. The number of aromatic nitrogens is 11. The van der Waals surface area contributed by atoms with Gasteiger partial charge in [0, 0.05) is 79.0 Å². The van der Waals surface area contributed by atoms with Crippen molar-refractivity contribution in [3.05, 3.63) is 161 Å². The van der Waals surface area contributed by atoms with Crippen LogP contribution in [-0.2, 0) is 30.5 Å². The van der Waals surface area contributed by atoms with Gasteiger partial charge in [-0.2, -0.15) is 10.1 Å². The van der Waals surface area contributed by atoms with Gasteiger partial charge in [-0.3, -0.25) is 19.3 Å². The van der Waals surface area contributed by atoms with Crippen molar-refractivity contribution < 1.29 is 18.5 Å². The molecule has 3 aromatic carbocycles. The molecule has 0 radical (unpaired) electrons. The Kier molecular flexibility index (Phi) is 12.7. The van der Waals surface area contributed by atoms with Crippen molar-refractivity contribution in [1.82, 2.24) is 65.4 Å². The summed E-state index contributed by atoms with van der Waals surface area (Å²) >= 11 is 0. The lowest BCUT2D eigenvalue weighted by Gasteiger charge is -2.19. The largest absolute Gasteiger partial charge is 0.376 e. The summed E-state index contributed by atoms with van der Waals surface area (Å²) in [4.78, 5) is 63.2. The normalized spacial score (nSPS) is 11.9. The van der Waals surface area contributed by atoms with Crippen molar-refractivity contribution in [1.29, 1.82) is 0 Å². The molecule has 0 saturated carbocycles. The first kappa shape index (κ1) is 48.7. The zero-order valence-corrected chi connectivity index (χ0v) is 42.6. The molecule has 0 fully saturated rings. The van der Waals surface area contributed by atoms with Crippen LogP contribution in [0, 0.1) is 12.7 Å². The molecule has 0 unspecified atom stereocenters. The summed E-state index contributed by atoms with van der Waals surface area (Å²) in [6, 6.07) is 24.2. The Labute approximate surface area is 426 Å². The minimum Gasteiger partial charge on any atom is -0.376 e. The molecule has 0 bridgehead atoms. The minimum atomic E-state index is -0.485. The molecule has 10 aromatic rings. The maximum Gasteiger partial charge on any atom is 0.292 e. The highest BCUT2D eigenvalue weighted by Crippen LogP contribution is 2.35. The zero-order valence-electron chi connectivity index (χ0n) is 42.6. The Bertz CT molecular complexity index is 3720. The predicted octanol–water partition coefficient (Wildman–Crippen LogP) is 9.89. The number of hydrogen-bond acceptors (Lipinski definition) is 12. The summed E-state index contributed by atoms with van der Waals surface area (Å²) in [6.07, 6.45) is 8.86. The highest BCUT2D eigenvalue weighted by atomic mass is 19.1. The van der Waals surface area contributed by atoms with Crippen molar-refractivity contribution in [2.75, 3.05) is 19.0 Å². The van der Waals surface area contributed by atoms with Crippen LogP contribution < -0.4 is 15.5 Å². The van der Waals surface area contributed by atoms with Gasteiger partial charge in [-0.15, -0.1) is 0 Å². The van der Waals surface area contributed by atoms with Gasteiger partial charge in [-0.1, -0.05) is 89.2 Å². The highest BCUT2D eigenvalue weighted by molar-refractivity contribution is 5.95. The van der Waals surface area contributed by atoms with E-state index in [2.05, 4.69) is 61.5 Å². The van der Waals surface area contributed by atoms with Crippen LogP contribution in [-0.4, -0.2) is 80.7 Å². The van der Waals surface area contributed by atoms with E-state index in [0.29, 0.717) is 73.4 Å². The van der Waals surface area contributed by atoms with Crippen molar-refractivity contribution >= 4 is 39.8 Å². The second-order valence-electron chi connectivity index (χ2n) is 20.6. The fourth-order valence-corrected chi connectivity index (χ4v) is 8.64. The number of rotatable bonds is 13. The van der Waals surface area contributed by atoms with Gasteiger partial charge in [0.2, 0.25) is 5.89 Å². The highest BCUT2D eigenvalue weighted by Gasteiger charge is 2.25. The average Bonchev–Trinajstić information content (AvgIpc) is 4.22. The second kappa shape index (κ2) is 19.2. The van der Waals surface area contributed by atoms with Crippen LogP contribution in [0.1, 0.15) is 96.2 Å². The van der Waals surface area contributed by atoms with Gasteiger partial charge in [-0.25, -0.2) is 24.3 Å². The van der Waals surface area contributed by atoms with Crippen LogP contribution in [0.2, 0.25) is 0 Å². The SMILES string of the molecule is Cc1c(CNC(=O)c2noc(C(C)(C)C)n2)cccc1-c1ccnc2[nH]c(-c3cnn(Cc4cnc5[nH]c(-c6ccc(N(C)C)cn6)nc5c4-c4ccc(CNC(=O)c5ccc(C(C)(C)C)cc5)c(F)c4)c3)nc12. The number of H-pyrrole nitrogens is 2. The number of aromatic amines is 2. The molecule has 18 heteroatoms. The zero-order chi connectivity index (χ0) is 52.1. The summed E-state index contributed by atoms with van der Waals surface area (Å²) in [5, 5.41) is 14.4. The Morgan fingerprint density at radius 3 is 2.18 bits per heavy atom. The molecule has 0 spiro atoms. The minimum absolute atomic E-state index is 0.00539. The number of halogens is 1. The molecule has 0 atom stereocenters. The molecule has 4 N–H and O–H groups in total. The molecule has 7 heterocycles. The average molecular weight is 991 g/mol. The molecule has 17 nitrogen and oxygen atoms in total. The number of hydrogen-bond donors (Lipinski definition) is 4. The van der Waals surface area contributed by atoms with Crippen LogP contribution in [0.15, 0.2) is 114 Å². The van der Waals surface area contributed by atoms with Gasteiger partial charge in [0.1, 0.15) is 28.4 Å². The number of carbonyl (C=O) groups excluding carboxylic acids is 2. The van der Waals surface area contributed by atoms with E-state index in [1.165, 1.54) is 6.07 Å². The van der Waals surface area contributed by atoms with Crippen LogP contribution >= 0.6 is 0 Å². The Morgan fingerprint density at radius 1 is 0.716 bits per heavy atom. The van der Waals surface area contributed by atoms with E-state index in [4.69, 9.17) is 24.6 Å². The summed E-state index contributed by atoms with van der Waals surface area (Å²) in [5.74, 6) is 0.233. The van der Waals surface area contributed by atoms with E-state index in [-0.39, 0.29) is 42.2 Å². The fourth-order valence-electron chi connectivity index (χ4n) is 8.64. The van der Waals surface area contributed by atoms with Crippen molar-refractivity contribution in [3.8, 4) is 45.2 Å². The number of benzene rings is 3. The van der Waals surface area contributed by atoms with Gasteiger partial charge >= 0.3 is 0 Å². The molecule has 7 aromatic heterocycles. The number of amides is 2. The van der Waals surface area contributed by atoms with E-state index >= 15 is 4.39 Å².